The Hall–Kier alpha value is -2.99. The van der Waals surface area contributed by atoms with Gasteiger partial charge in [0, 0.05) is 11.1 Å². The van der Waals surface area contributed by atoms with E-state index in [4.69, 9.17) is 0 Å². The van der Waals surface area contributed by atoms with Crippen LogP contribution >= 0.6 is 12.4 Å². The average Bonchev–Trinajstić information content (AvgIpc) is 2.77. The van der Waals surface area contributed by atoms with Crippen LogP contribution in [0.5, 0.6) is 0 Å². The topological polar surface area (TPSA) is 78.4 Å². The molecule has 0 saturated heterocycles. The van der Waals surface area contributed by atoms with E-state index in [-0.39, 0.29) is 33.2 Å². The lowest BCUT2D eigenvalue weighted by atomic mass is 9.96. The first-order valence-corrected chi connectivity index (χ1v) is 9.13. The quantitative estimate of drug-likeness (QED) is 0.486. The van der Waals surface area contributed by atoms with Crippen molar-refractivity contribution in [3.05, 3.63) is 71.2 Å². The van der Waals surface area contributed by atoms with Crippen molar-refractivity contribution in [1.82, 2.24) is 9.97 Å². The largest absolute Gasteiger partial charge is 0.464 e. The summed E-state index contributed by atoms with van der Waals surface area (Å²) in [6, 6.07) is 14.9. The third-order valence-corrected chi connectivity index (χ3v) is 4.57. The number of carbonyl (C=O) groups is 2. The summed E-state index contributed by atoms with van der Waals surface area (Å²) < 4.78 is 9.21. The first-order chi connectivity index (χ1) is 13.6. The van der Waals surface area contributed by atoms with Crippen molar-refractivity contribution in [2.24, 2.45) is 0 Å². The van der Waals surface area contributed by atoms with Crippen molar-refractivity contribution in [2.45, 2.75) is 40.5 Å². The van der Waals surface area contributed by atoms with Crippen LogP contribution in [0.25, 0.3) is 10.9 Å². The summed E-state index contributed by atoms with van der Waals surface area (Å²) in [6.45, 7) is 0. The summed E-state index contributed by atoms with van der Waals surface area (Å²) in [5.74, 6) is -0.755. The fraction of sp³-hybridized carbons (Fsp3) is 0.333. The second kappa shape index (κ2) is 13.3. The van der Waals surface area contributed by atoms with Gasteiger partial charge < -0.3 is 9.47 Å². The van der Waals surface area contributed by atoms with Crippen LogP contribution < -0.4 is 0 Å². The Balaban J connectivity index is 0.000000529. The molecule has 6 nitrogen and oxygen atoms in total. The highest BCUT2D eigenvalue weighted by Gasteiger charge is 2.14. The number of carbonyl (C=O) groups excluding carboxylic acids is 2. The maximum absolute atomic E-state index is 11.2. The number of para-hydroxylation sites is 1. The molecule has 0 fully saturated rings. The summed E-state index contributed by atoms with van der Waals surface area (Å²) in [6.07, 6.45) is 4.47. The van der Waals surface area contributed by atoms with Gasteiger partial charge in [-0.05, 0) is 49.4 Å². The van der Waals surface area contributed by atoms with E-state index in [1.807, 2.05) is 36.4 Å². The van der Waals surface area contributed by atoms with Crippen molar-refractivity contribution in [2.75, 3.05) is 14.2 Å². The molecule has 0 amide bonds. The SMILES string of the molecule is C.C.COC(=O)c1ccc2c(n1)CCCC2.COC(=O)c1ccc2ccccc2n1.Cl. The number of rotatable bonds is 2. The van der Waals surface area contributed by atoms with Crippen LogP contribution in [0, 0.1) is 0 Å². The Morgan fingerprint density at radius 1 is 0.774 bits per heavy atom. The normalized spacial score (nSPS) is 11.2. The Labute approximate surface area is 190 Å². The van der Waals surface area contributed by atoms with E-state index in [0.717, 1.165) is 29.4 Å². The summed E-state index contributed by atoms with van der Waals surface area (Å²) in [7, 11) is 2.72. The zero-order valence-electron chi connectivity index (χ0n) is 16.4. The molecule has 1 aliphatic carbocycles. The molecule has 4 rings (SSSR count). The summed E-state index contributed by atoms with van der Waals surface area (Å²) in [4.78, 5) is 30.9. The van der Waals surface area contributed by atoms with Gasteiger partial charge in [0.2, 0.25) is 0 Å². The molecule has 1 aliphatic rings. The highest BCUT2D eigenvalue weighted by Crippen LogP contribution is 2.19. The molecule has 0 unspecified atom stereocenters. The molecule has 2 aromatic heterocycles. The minimum absolute atomic E-state index is 0. The van der Waals surface area contributed by atoms with Gasteiger partial charge in [-0.25, -0.2) is 19.6 Å². The Bertz CT molecular complexity index is 1010. The number of fused-ring (bicyclic) bond motifs is 2. The Morgan fingerprint density at radius 2 is 1.35 bits per heavy atom. The van der Waals surface area contributed by atoms with Gasteiger partial charge in [-0.2, -0.15) is 0 Å². The molecule has 0 spiro atoms. The average molecular weight is 447 g/mol. The van der Waals surface area contributed by atoms with Crippen LogP contribution in [0.15, 0.2) is 48.5 Å². The summed E-state index contributed by atoms with van der Waals surface area (Å²) >= 11 is 0. The summed E-state index contributed by atoms with van der Waals surface area (Å²) in [5, 5.41) is 1.01. The molecule has 2 heterocycles. The fourth-order valence-electron chi connectivity index (χ4n) is 3.08. The number of hydrogen-bond donors (Lipinski definition) is 0. The second-order valence-corrected chi connectivity index (χ2v) is 6.38. The number of esters is 2. The lowest BCUT2D eigenvalue weighted by Crippen LogP contribution is -2.11. The monoisotopic (exact) mass is 446 g/mol. The molecule has 1 aromatic carbocycles. The zero-order chi connectivity index (χ0) is 19.9. The van der Waals surface area contributed by atoms with Crippen LogP contribution in [-0.2, 0) is 22.3 Å². The number of pyridine rings is 2. The van der Waals surface area contributed by atoms with Gasteiger partial charge in [0.25, 0.3) is 0 Å². The van der Waals surface area contributed by atoms with Crippen molar-refractivity contribution in [3.8, 4) is 0 Å². The predicted molar refractivity (Wildman–Crippen MR) is 126 cm³/mol. The molecule has 3 aromatic rings. The van der Waals surface area contributed by atoms with Gasteiger partial charge in [0.05, 0.1) is 19.7 Å². The van der Waals surface area contributed by atoms with Crippen molar-refractivity contribution >= 4 is 35.2 Å². The molecule has 0 saturated carbocycles. The number of benzene rings is 1. The minimum atomic E-state index is -0.407. The molecule has 0 bridgehead atoms. The van der Waals surface area contributed by atoms with E-state index in [9.17, 15) is 9.59 Å². The van der Waals surface area contributed by atoms with Crippen LogP contribution in [0.4, 0.5) is 0 Å². The molecule has 168 valence electrons. The highest BCUT2D eigenvalue weighted by molar-refractivity contribution is 5.90. The van der Waals surface area contributed by atoms with E-state index >= 15 is 0 Å². The second-order valence-electron chi connectivity index (χ2n) is 6.38. The highest BCUT2D eigenvalue weighted by atomic mass is 35.5. The van der Waals surface area contributed by atoms with Gasteiger partial charge in [-0.15, -0.1) is 12.4 Å². The maximum Gasteiger partial charge on any atom is 0.356 e. The Morgan fingerprint density at radius 3 is 2.03 bits per heavy atom. The number of ether oxygens (including phenoxy) is 2. The standard InChI is InChI=1S/C11H13NO2.C11H9NO2.2CH4.ClH/c2*1-14-11(13)10-7-6-8-4-2-3-5-9(8)12-10;;;/h6-7H,2-5H2,1H3;2-7H,1H3;2*1H4;1H. The fourth-order valence-corrected chi connectivity index (χ4v) is 3.08. The van der Waals surface area contributed by atoms with E-state index < -0.39 is 5.97 Å². The zero-order valence-corrected chi connectivity index (χ0v) is 17.2. The van der Waals surface area contributed by atoms with Gasteiger partial charge in [-0.1, -0.05) is 45.2 Å². The number of methoxy groups -OCH3 is 2. The molecule has 0 N–H and O–H groups in total. The molecular weight excluding hydrogens is 416 g/mol. The molecule has 0 atom stereocenters. The number of hydrogen-bond acceptors (Lipinski definition) is 6. The van der Waals surface area contributed by atoms with E-state index in [1.54, 1.807) is 12.1 Å². The number of nitrogens with zero attached hydrogens (tertiary/aromatic N) is 2. The molecule has 31 heavy (non-hydrogen) atoms. The van der Waals surface area contributed by atoms with Crippen molar-refractivity contribution < 1.29 is 19.1 Å². The third kappa shape index (κ3) is 7.03. The van der Waals surface area contributed by atoms with E-state index in [0.29, 0.717) is 11.4 Å². The molecule has 0 radical (unpaired) electrons. The van der Waals surface area contributed by atoms with Crippen LogP contribution in [0.3, 0.4) is 0 Å². The van der Waals surface area contributed by atoms with Gasteiger partial charge in [0.15, 0.2) is 0 Å². The van der Waals surface area contributed by atoms with Crippen LogP contribution in [-0.4, -0.2) is 36.1 Å². The van der Waals surface area contributed by atoms with Crippen LogP contribution in [0.2, 0.25) is 0 Å². The van der Waals surface area contributed by atoms with Crippen molar-refractivity contribution in [1.29, 1.82) is 0 Å². The lowest BCUT2D eigenvalue weighted by molar-refractivity contribution is 0.0585. The van der Waals surface area contributed by atoms with Gasteiger partial charge in [0.1, 0.15) is 11.4 Å². The predicted octanol–water partition coefficient (Wildman–Crippen LogP) is 5.46. The van der Waals surface area contributed by atoms with E-state index in [2.05, 4.69) is 19.4 Å². The first-order valence-electron chi connectivity index (χ1n) is 9.13. The molecule has 0 aliphatic heterocycles. The number of aromatic nitrogens is 2. The molecular formula is C24H31ClN2O4. The summed E-state index contributed by atoms with van der Waals surface area (Å²) in [5.41, 5.74) is 3.91. The smallest absolute Gasteiger partial charge is 0.356 e. The molecule has 7 heteroatoms. The number of aryl methyl sites for hydroxylation is 2. The minimum Gasteiger partial charge on any atom is -0.464 e. The van der Waals surface area contributed by atoms with E-state index in [1.165, 1.54) is 32.6 Å². The Kier molecular flexibility index (Phi) is 12.1. The number of halogens is 1. The van der Waals surface area contributed by atoms with Crippen molar-refractivity contribution in [3.63, 3.8) is 0 Å². The first kappa shape index (κ1) is 28.0. The van der Waals surface area contributed by atoms with Crippen LogP contribution in [0.1, 0.15) is 59.9 Å². The van der Waals surface area contributed by atoms with Gasteiger partial charge >= 0.3 is 11.9 Å². The lowest BCUT2D eigenvalue weighted by Gasteiger charge is -2.14. The maximum atomic E-state index is 11.2. The van der Waals surface area contributed by atoms with Gasteiger partial charge in [-0.3, -0.25) is 0 Å². The third-order valence-electron chi connectivity index (χ3n) is 4.57.